The van der Waals surface area contributed by atoms with E-state index in [-0.39, 0.29) is 43.3 Å². The number of hydrogen-bond acceptors (Lipinski definition) is 2. The van der Waals surface area contributed by atoms with E-state index in [4.69, 9.17) is 0 Å². The third-order valence-corrected chi connectivity index (χ3v) is 20.5. The fourth-order valence-electron chi connectivity index (χ4n) is 14.6. The number of nitrogens with zero attached hydrogens (tertiary/aromatic N) is 6. The molecule has 0 spiro atoms. The molecule has 0 atom stereocenters. The molecule has 0 aliphatic rings. The molecule has 0 N–H and O–H groups in total. The van der Waals surface area contributed by atoms with E-state index in [1.807, 2.05) is 0 Å². The van der Waals surface area contributed by atoms with Gasteiger partial charge in [0.25, 0.3) is 0 Å². The van der Waals surface area contributed by atoms with Crippen molar-refractivity contribution < 1.29 is 0 Å². The lowest BCUT2D eigenvalue weighted by atomic mass is 9.85. The second-order valence-corrected chi connectivity index (χ2v) is 35.6. The Bertz CT molecular complexity index is 4970. The van der Waals surface area contributed by atoms with E-state index in [2.05, 4.69) is 342 Å². The molecule has 94 heavy (non-hydrogen) atoms. The van der Waals surface area contributed by atoms with Crippen LogP contribution in [0.3, 0.4) is 0 Å². The van der Waals surface area contributed by atoms with Crippen LogP contribution < -0.4 is 0 Å². The molecular formula is C88H96N6. The quantitative estimate of drug-likeness (QED) is 0.176. The summed E-state index contributed by atoms with van der Waals surface area (Å²) in [6.07, 6.45) is 0. The first-order valence-electron chi connectivity index (χ1n) is 34.0. The third kappa shape index (κ3) is 10.2. The van der Waals surface area contributed by atoms with Crippen molar-refractivity contribution in [1.29, 1.82) is 10.5 Å². The smallest absolute Gasteiger partial charge is 0.104 e. The molecule has 4 heterocycles. The van der Waals surface area contributed by atoms with E-state index in [0.29, 0.717) is 28.2 Å². The van der Waals surface area contributed by atoms with E-state index in [0.717, 1.165) is 92.9 Å². The van der Waals surface area contributed by atoms with Crippen LogP contribution in [-0.2, 0) is 43.3 Å². The van der Waals surface area contributed by atoms with Gasteiger partial charge in [-0.1, -0.05) is 215 Å². The standard InChI is InChI=1S/C88H96N6/c1-81(2,3)51-25-33-69-59(41-51)60-42-52(82(4,5)6)26-34-70(60)91(69)77-67(49-89)78(92-71-35-27-53(83(7,8)9)43-61(71)62-44-54(84(10,11)12)28-36-72(62)92)80(94-75-39-31-57(87(19,20)21)47-65(75)66-48-58(88(22,23)24)32-40-76(66)94)79(68(77)50-90)93-73-37-29-55(85(13,14)15)45-63(73)64-46-56(86(16,17)18)30-38-74(64)93/h25-48H,1-24H3. The molecule has 0 amide bonds. The highest BCUT2D eigenvalue weighted by atomic mass is 15.1. The molecule has 9 aromatic carbocycles. The van der Waals surface area contributed by atoms with E-state index in [1.54, 1.807) is 0 Å². The van der Waals surface area contributed by atoms with Gasteiger partial charge in [0.2, 0.25) is 0 Å². The van der Waals surface area contributed by atoms with Crippen LogP contribution in [0.2, 0.25) is 0 Å². The Morgan fingerprint density at radius 2 is 0.340 bits per heavy atom. The molecule has 478 valence electrons. The maximum atomic E-state index is 13.2. The van der Waals surface area contributed by atoms with Crippen LogP contribution in [0.4, 0.5) is 0 Å². The topological polar surface area (TPSA) is 67.3 Å². The van der Waals surface area contributed by atoms with Crippen molar-refractivity contribution in [3.63, 3.8) is 0 Å². The fourth-order valence-corrected chi connectivity index (χ4v) is 14.6. The minimum atomic E-state index is -0.171. The lowest BCUT2D eigenvalue weighted by Gasteiger charge is -2.28. The Labute approximate surface area is 558 Å². The average molecular weight is 1240 g/mol. The predicted octanol–water partition coefficient (Wildman–Crippen LogP) is 24.2. The second kappa shape index (κ2) is 20.8. The Morgan fingerprint density at radius 1 is 0.202 bits per heavy atom. The van der Waals surface area contributed by atoms with E-state index >= 15 is 0 Å². The lowest BCUT2D eigenvalue weighted by molar-refractivity contribution is 0.590. The molecule has 6 heteroatoms. The minimum Gasteiger partial charge on any atom is -0.306 e. The molecule has 0 aliphatic carbocycles. The van der Waals surface area contributed by atoms with Crippen LogP contribution in [0, 0.1) is 22.7 Å². The largest absolute Gasteiger partial charge is 0.306 e. The second-order valence-electron chi connectivity index (χ2n) is 35.6. The molecule has 13 rings (SSSR count). The summed E-state index contributed by atoms with van der Waals surface area (Å²) in [6.45, 7) is 54.9. The van der Waals surface area contributed by atoms with Gasteiger partial charge in [-0.15, -0.1) is 0 Å². The van der Waals surface area contributed by atoms with Gasteiger partial charge in [-0.2, -0.15) is 10.5 Å². The highest BCUT2D eigenvalue weighted by molar-refractivity contribution is 6.16. The summed E-state index contributed by atoms with van der Waals surface area (Å²) in [7, 11) is 0. The number of aromatic nitrogens is 4. The van der Waals surface area contributed by atoms with Gasteiger partial charge >= 0.3 is 0 Å². The van der Waals surface area contributed by atoms with Gasteiger partial charge in [-0.3, -0.25) is 0 Å². The molecule has 13 aromatic rings. The van der Waals surface area contributed by atoms with Gasteiger partial charge in [-0.05, 0) is 185 Å². The maximum absolute atomic E-state index is 13.2. The van der Waals surface area contributed by atoms with Crippen LogP contribution in [0.5, 0.6) is 0 Å². The van der Waals surface area contributed by atoms with Crippen molar-refractivity contribution >= 4 is 87.2 Å². The molecule has 0 saturated heterocycles. The normalized spacial score (nSPS) is 13.5. The zero-order chi connectivity index (χ0) is 68.0. The van der Waals surface area contributed by atoms with Gasteiger partial charge in [-0.25, -0.2) is 0 Å². The summed E-state index contributed by atoms with van der Waals surface area (Å²) in [5.41, 5.74) is 19.5. The van der Waals surface area contributed by atoms with Gasteiger partial charge in [0.15, 0.2) is 0 Å². The summed E-state index contributed by atoms with van der Waals surface area (Å²) in [4.78, 5) is 0. The van der Waals surface area contributed by atoms with Crippen LogP contribution >= 0.6 is 0 Å². The number of hydrogen-bond donors (Lipinski definition) is 0. The summed E-state index contributed by atoms with van der Waals surface area (Å²) in [5, 5.41) is 35.1. The summed E-state index contributed by atoms with van der Waals surface area (Å²) < 4.78 is 9.58. The summed E-state index contributed by atoms with van der Waals surface area (Å²) in [5.74, 6) is 0. The van der Waals surface area contributed by atoms with Crippen LogP contribution in [0.25, 0.3) is 110 Å². The van der Waals surface area contributed by atoms with E-state index in [1.165, 1.54) is 44.5 Å². The average Bonchev–Trinajstić information content (AvgIpc) is 1.47. The molecule has 4 aromatic heterocycles. The first-order chi connectivity index (χ1) is 43.6. The van der Waals surface area contributed by atoms with Crippen LogP contribution in [0.1, 0.15) is 222 Å². The Morgan fingerprint density at radius 3 is 0.479 bits per heavy atom. The molecule has 6 nitrogen and oxygen atoms in total. The number of fused-ring (bicyclic) bond motifs is 12. The Hall–Kier alpha value is -8.84. The molecule has 0 saturated carbocycles. The molecule has 0 aliphatic heterocycles. The van der Waals surface area contributed by atoms with Gasteiger partial charge in [0, 0.05) is 43.1 Å². The van der Waals surface area contributed by atoms with Crippen LogP contribution in [-0.4, -0.2) is 18.3 Å². The first-order valence-corrected chi connectivity index (χ1v) is 34.0. The van der Waals surface area contributed by atoms with Crippen molar-refractivity contribution in [3.05, 3.63) is 201 Å². The van der Waals surface area contributed by atoms with Crippen LogP contribution in [0.15, 0.2) is 146 Å². The predicted molar refractivity (Wildman–Crippen MR) is 403 cm³/mol. The molecule has 0 unspecified atom stereocenters. The fraction of sp³-hybridized carbons (Fsp3) is 0.364. The van der Waals surface area contributed by atoms with Crippen molar-refractivity contribution in [2.75, 3.05) is 0 Å². The minimum absolute atomic E-state index is 0.169. The summed E-state index contributed by atoms with van der Waals surface area (Å²) in [6, 6.07) is 61.9. The lowest BCUT2D eigenvalue weighted by Crippen LogP contribution is -2.17. The van der Waals surface area contributed by atoms with Crippen molar-refractivity contribution in [1.82, 2.24) is 18.3 Å². The zero-order valence-corrected chi connectivity index (χ0v) is 60.5. The molecule has 0 radical (unpaired) electrons. The SMILES string of the molecule is CC(C)(C)c1ccc2c(c1)c1cc(C(C)(C)C)ccc1n2-c1c(C#N)c(-n2c3ccc(C(C)(C)C)cc3c3cc(C(C)(C)C)ccc32)c(-n2c3ccc(C(C)(C)C)cc3c3cc(C(C)(C)C)ccc32)c(-n2c3ccc(C(C)(C)C)cc3c3cc(C(C)(C)C)ccc32)c1C#N. The van der Waals surface area contributed by atoms with Crippen molar-refractivity contribution in [2.45, 2.75) is 209 Å². The number of benzene rings is 9. The monoisotopic (exact) mass is 1240 g/mol. The van der Waals surface area contributed by atoms with Gasteiger partial charge < -0.3 is 18.3 Å². The van der Waals surface area contributed by atoms with Crippen molar-refractivity contribution in [2.24, 2.45) is 0 Å². The van der Waals surface area contributed by atoms with Gasteiger partial charge in [0.1, 0.15) is 23.3 Å². The maximum Gasteiger partial charge on any atom is 0.104 e. The molecular weight excluding hydrogens is 1140 g/mol. The highest BCUT2D eigenvalue weighted by Gasteiger charge is 2.37. The first kappa shape index (κ1) is 63.9. The number of nitriles is 2. The van der Waals surface area contributed by atoms with E-state index < -0.39 is 0 Å². The molecule has 0 bridgehead atoms. The summed E-state index contributed by atoms with van der Waals surface area (Å²) >= 11 is 0. The van der Waals surface area contributed by atoms with Crippen molar-refractivity contribution in [3.8, 4) is 34.9 Å². The number of rotatable bonds is 4. The molecule has 0 fully saturated rings. The third-order valence-electron chi connectivity index (χ3n) is 20.5. The van der Waals surface area contributed by atoms with Gasteiger partial charge in [0.05, 0.1) is 66.9 Å². The Kier molecular flexibility index (Phi) is 14.2. The Balaban J connectivity index is 1.40. The highest BCUT2D eigenvalue weighted by Crippen LogP contribution is 2.51. The zero-order valence-electron chi connectivity index (χ0n) is 60.5. The van der Waals surface area contributed by atoms with E-state index in [9.17, 15) is 10.5 Å².